The van der Waals surface area contributed by atoms with E-state index in [9.17, 15) is 14.9 Å². The van der Waals surface area contributed by atoms with Crippen molar-refractivity contribution in [3.05, 3.63) is 64.0 Å². The molecule has 2 aromatic rings. The summed E-state index contributed by atoms with van der Waals surface area (Å²) in [5, 5.41) is 14.9. The molecule has 0 bridgehead atoms. The molecule has 2 rings (SSSR count). The maximum atomic E-state index is 13.1. The van der Waals surface area contributed by atoms with Gasteiger partial charge in [-0.15, -0.1) is 0 Å². The number of likely N-dealkylation sites (N-methyl/N-ethyl adjacent to an activating group) is 1. The van der Waals surface area contributed by atoms with Gasteiger partial charge in [-0.3, -0.25) is 19.9 Å². The molecule has 186 valence electrons. The Bertz CT molecular complexity index is 908. The lowest BCUT2D eigenvalue weighted by Gasteiger charge is -2.26. The number of pyridine rings is 1. The summed E-state index contributed by atoms with van der Waals surface area (Å²) in [6.07, 6.45) is 5.41. The van der Waals surface area contributed by atoms with E-state index < -0.39 is 4.92 Å². The normalized spacial score (nSPS) is 11.3. The molecule has 0 aliphatic carbocycles. The fraction of sp³-hybridized carbons (Fsp3) is 0.538. The van der Waals surface area contributed by atoms with E-state index in [2.05, 4.69) is 49.9 Å². The van der Waals surface area contributed by atoms with Crippen molar-refractivity contribution in [3.8, 4) is 0 Å². The minimum absolute atomic E-state index is 0.0639. The lowest BCUT2D eigenvalue weighted by molar-refractivity contribution is -0.384. The molecule has 1 aromatic heterocycles. The van der Waals surface area contributed by atoms with Crippen molar-refractivity contribution in [1.29, 1.82) is 0 Å². The number of benzene rings is 1. The van der Waals surface area contributed by atoms with E-state index in [-0.39, 0.29) is 11.6 Å². The Morgan fingerprint density at radius 3 is 2.29 bits per heavy atom. The van der Waals surface area contributed by atoms with Gasteiger partial charge in [0.25, 0.3) is 11.6 Å². The van der Waals surface area contributed by atoms with Crippen molar-refractivity contribution >= 4 is 17.3 Å². The fourth-order valence-corrected chi connectivity index (χ4v) is 3.82. The van der Waals surface area contributed by atoms with E-state index in [1.54, 1.807) is 29.4 Å². The Morgan fingerprint density at radius 1 is 1.06 bits per heavy atom. The number of nitrogens with one attached hydrogen (secondary N) is 1. The fourth-order valence-electron chi connectivity index (χ4n) is 3.82. The molecule has 0 unspecified atom stereocenters. The first-order valence-corrected chi connectivity index (χ1v) is 12.1. The van der Waals surface area contributed by atoms with Crippen LogP contribution in [0, 0.1) is 22.0 Å². The van der Waals surface area contributed by atoms with Crippen molar-refractivity contribution in [2.24, 2.45) is 11.8 Å². The molecule has 0 aliphatic rings. The highest BCUT2D eigenvalue weighted by Gasteiger charge is 2.22. The van der Waals surface area contributed by atoms with Crippen LogP contribution >= 0.6 is 0 Å². The molecule has 0 spiro atoms. The van der Waals surface area contributed by atoms with E-state index in [4.69, 9.17) is 0 Å². The molecule has 0 saturated heterocycles. The van der Waals surface area contributed by atoms with Gasteiger partial charge in [0.1, 0.15) is 5.69 Å². The van der Waals surface area contributed by atoms with Crippen LogP contribution in [0.25, 0.3) is 0 Å². The lowest BCUT2D eigenvalue weighted by atomic mass is 10.1. The number of nitro groups is 1. The molecule has 1 N–H and O–H groups in total. The van der Waals surface area contributed by atoms with Crippen LogP contribution in [0.2, 0.25) is 0 Å². The highest BCUT2D eigenvalue weighted by molar-refractivity contribution is 5.95. The van der Waals surface area contributed by atoms with Gasteiger partial charge in [-0.05, 0) is 68.1 Å². The van der Waals surface area contributed by atoms with Gasteiger partial charge in [0.15, 0.2) is 0 Å². The number of carbonyl (C=O) groups excluding carboxylic acids is 1. The lowest BCUT2D eigenvalue weighted by Crippen LogP contribution is -2.37. The summed E-state index contributed by atoms with van der Waals surface area (Å²) in [6.45, 7) is 11.9. The summed E-state index contributed by atoms with van der Waals surface area (Å²) >= 11 is 0. The molecule has 0 saturated carbocycles. The molecule has 1 aromatic carbocycles. The van der Waals surface area contributed by atoms with Crippen LogP contribution in [-0.4, -0.2) is 65.4 Å². The Hall–Kier alpha value is -3.00. The summed E-state index contributed by atoms with van der Waals surface area (Å²) in [4.78, 5) is 32.4. The Kier molecular flexibility index (Phi) is 10.9. The predicted molar refractivity (Wildman–Crippen MR) is 137 cm³/mol. The summed E-state index contributed by atoms with van der Waals surface area (Å²) in [6, 6.07) is 8.79. The second-order valence-electron chi connectivity index (χ2n) is 9.68. The van der Waals surface area contributed by atoms with Gasteiger partial charge in [0.05, 0.1) is 4.92 Å². The van der Waals surface area contributed by atoms with Gasteiger partial charge in [-0.1, -0.05) is 27.7 Å². The van der Waals surface area contributed by atoms with E-state index in [0.29, 0.717) is 42.7 Å². The van der Waals surface area contributed by atoms with Crippen LogP contribution in [0.5, 0.6) is 0 Å². The summed E-state index contributed by atoms with van der Waals surface area (Å²) in [5.74, 6) is 0.482. The molecule has 0 atom stereocenters. The minimum atomic E-state index is -0.421. The van der Waals surface area contributed by atoms with Gasteiger partial charge in [-0.2, -0.15) is 0 Å². The largest absolute Gasteiger partial charge is 0.379 e. The van der Waals surface area contributed by atoms with Crippen molar-refractivity contribution in [1.82, 2.24) is 14.8 Å². The van der Waals surface area contributed by atoms with Crippen LogP contribution in [0.3, 0.4) is 0 Å². The molecular weight excluding hydrogens is 430 g/mol. The molecule has 0 radical (unpaired) electrons. The molecule has 8 nitrogen and oxygen atoms in total. The Morgan fingerprint density at radius 2 is 1.71 bits per heavy atom. The first-order valence-electron chi connectivity index (χ1n) is 12.1. The van der Waals surface area contributed by atoms with Crippen LogP contribution < -0.4 is 5.32 Å². The highest BCUT2D eigenvalue weighted by atomic mass is 16.6. The number of nitrogens with zero attached hydrogens (tertiary/aromatic N) is 4. The second kappa shape index (κ2) is 13.6. The van der Waals surface area contributed by atoms with E-state index in [1.807, 2.05) is 12.1 Å². The van der Waals surface area contributed by atoms with Gasteiger partial charge in [0, 0.05) is 50.2 Å². The molecule has 8 heteroatoms. The molecular formula is C26H39N5O3. The SMILES string of the molecule is CC(C)CN(CC(C)C)C(=O)c1ccc(NCCCN(C)CCc2ccncc2)c([N+](=O)[O-])c1. The standard InChI is InChI=1S/C26H39N5O3/c1-20(2)18-30(19-21(3)4)26(32)23-7-8-24(25(17-23)31(33)34)28-12-6-15-29(5)16-11-22-9-13-27-14-10-22/h7-10,13-14,17,20-21,28H,6,11-12,15-16,18-19H2,1-5H3. The molecule has 0 aliphatic heterocycles. The van der Waals surface area contributed by atoms with Gasteiger partial charge < -0.3 is 15.1 Å². The van der Waals surface area contributed by atoms with Crippen molar-refractivity contribution in [2.75, 3.05) is 45.1 Å². The third-order valence-corrected chi connectivity index (χ3v) is 5.46. The van der Waals surface area contributed by atoms with Crippen molar-refractivity contribution < 1.29 is 9.72 Å². The van der Waals surface area contributed by atoms with E-state index in [0.717, 1.165) is 25.9 Å². The monoisotopic (exact) mass is 469 g/mol. The van der Waals surface area contributed by atoms with Gasteiger partial charge in [0.2, 0.25) is 0 Å². The topological polar surface area (TPSA) is 91.6 Å². The van der Waals surface area contributed by atoms with Crippen LogP contribution in [-0.2, 0) is 6.42 Å². The Balaban J connectivity index is 1.94. The van der Waals surface area contributed by atoms with Crippen LogP contribution in [0.4, 0.5) is 11.4 Å². The molecule has 0 fully saturated rings. The number of aromatic nitrogens is 1. The average molecular weight is 470 g/mol. The number of rotatable bonds is 14. The number of hydrogen-bond donors (Lipinski definition) is 1. The van der Waals surface area contributed by atoms with Crippen LogP contribution in [0.1, 0.15) is 50.0 Å². The number of amides is 1. The summed E-state index contributed by atoms with van der Waals surface area (Å²) in [5.41, 5.74) is 1.99. The zero-order chi connectivity index (χ0) is 25.1. The number of hydrogen-bond acceptors (Lipinski definition) is 6. The molecule has 1 amide bonds. The number of anilines is 1. The Labute approximate surface area is 203 Å². The average Bonchev–Trinajstić information content (AvgIpc) is 2.79. The summed E-state index contributed by atoms with van der Waals surface area (Å²) in [7, 11) is 2.07. The maximum absolute atomic E-state index is 13.1. The van der Waals surface area contributed by atoms with Crippen molar-refractivity contribution in [3.63, 3.8) is 0 Å². The van der Waals surface area contributed by atoms with Gasteiger partial charge >= 0.3 is 0 Å². The van der Waals surface area contributed by atoms with E-state index >= 15 is 0 Å². The van der Waals surface area contributed by atoms with Crippen molar-refractivity contribution in [2.45, 2.75) is 40.5 Å². The first-order chi connectivity index (χ1) is 16.2. The first kappa shape index (κ1) is 27.2. The third-order valence-electron chi connectivity index (χ3n) is 5.46. The predicted octanol–water partition coefficient (Wildman–Crippen LogP) is 4.72. The zero-order valence-corrected chi connectivity index (χ0v) is 21.2. The maximum Gasteiger partial charge on any atom is 0.293 e. The number of carbonyl (C=O) groups is 1. The zero-order valence-electron chi connectivity index (χ0n) is 21.2. The number of nitro benzene ring substituents is 1. The second-order valence-corrected chi connectivity index (χ2v) is 9.68. The van der Waals surface area contributed by atoms with Crippen LogP contribution in [0.15, 0.2) is 42.7 Å². The van der Waals surface area contributed by atoms with E-state index in [1.165, 1.54) is 11.6 Å². The highest BCUT2D eigenvalue weighted by Crippen LogP contribution is 2.26. The smallest absolute Gasteiger partial charge is 0.293 e. The quantitative estimate of drug-likeness (QED) is 0.245. The van der Waals surface area contributed by atoms with Gasteiger partial charge in [-0.25, -0.2) is 0 Å². The summed E-state index contributed by atoms with van der Waals surface area (Å²) < 4.78 is 0. The third kappa shape index (κ3) is 9.09. The molecule has 34 heavy (non-hydrogen) atoms. The molecule has 1 heterocycles. The minimum Gasteiger partial charge on any atom is -0.379 e.